The largest absolute Gasteiger partial charge is 0.480 e. The summed E-state index contributed by atoms with van der Waals surface area (Å²) in [6.45, 7) is 0.180. The minimum Gasteiger partial charge on any atom is -0.480 e. The number of carbonyl (C=O) groups excluding carboxylic acids is 3. The monoisotopic (exact) mass is 595 g/mol. The number of aromatic nitrogens is 4. The van der Waals surface area contributed by atoms with Crippen LogP contribution in [0.3, 0.4) is 0 Å². The number of aromatic amines is 2. The third kappa shape index (κ3) is 10.9. The summed E-state index contributed by atoms with van der Waals surface area (Å²) in [5.74, 6) is -3.36. The Hall–Kier alpha value is -5.25. The van der Waals surface area contributed by atoms with Crippen LogP contribution in [0.2, 0.25) is 0 Å². The molecule has 16 nitrogen and oxygen atoms in total. The van der Waals surface area contributed by atoms with Crippen molar-refractivity contribution in [2.75, 3.05) is 6.54 Å². The molecule has 16 heteroatoms. The van der Waals surface area contributed by atoms with Crippen LogP contribution in [0.5, 0.6) is 0 Å². The maximum absolute atomic E-state index is 13.6. The van der Waals surface area contributed by atoms with E-state index in [1.807, 2.05) is 6.07 Å². The number of aliphatic imine (C=N–C) groups is 1. The summed E-state index contributed by atoms with van der Waals surface area (Å²) in [5.41, 5.74) is 18.6. The highest BCUT2D eigenvalue weighted by Gasteiger charge is 2.31. The number of guanidine groups is 1. The van der Waals surface area contributed by atoms with Gasteiger partial charge in [-0.3, -0.25) is 19.4 Å². The third-order valence-corrected chi connectivity index (χ3v) is 6.42. The lowest BCUT2D eigenvalue weighted by atomic mass is 10.0. The van der Waals surface area contributed by atoms with Crippen molar-refractivity contribution >= 4 is 29.7 Å². The molecule has 2 heterocycles. The minimum absolute atomic E-state index is 0.0245. The number of carbonyl (C=O) groups is 4. The molecule has 4 atom stereocenters. The molecule has 12 N–H and O–H groups in total. The van der Waals surface area contributed by atoms with E-state index in [-0.39, 0.29) is 44.6 Å². The molecule has 230 valence electrons. The number of carboxylic acid groups (broad SMARTS) is 1. The number of hydrogen-bond acceptors (Lipinski definition) is 8. The number of H-pyrrole nitrogens is 2. The van der Waals surface area contributed by atoms with E-state index in [0.717, 1.165) is 5.56 Å². The van der Waals surface area contributed by atoms with Crippen LogP contribution >= 0.6 is 0 Å². The maximum atomic E-state index is 13.6. The van der Waals surface area contributed by atoms with Crippen molar-refractivity contribution in [2.45, 2.75) is 56.3 Å². The molecule has 0 spiro atoms. The number of nitrogens with one attached hydrogen (secondary N) is 5. The summed E-state index contributed by atoms with van der Waals surface area (Å²) in [7, 11) is 0. The van der Waals surface area contributed by atoms with E-state index >= 15 is 0 Å². The molecule has 0 fully saturated rings. The van der Waals surface area contributed by atoms with Gasteiger partial charge in [-0.05, 0) is 18.4 Å². The van der Waals surface area contributed by atoms with Gasteiger partial charge in [-0.15, -0.1) is 0 Å². The van der Waals surface area contributed by atoms with Crippen molar-refractivity contribution in [1.29, 1.82) is 0 Å². The van der Waals surface area contributed by atoms with Crippen molar-refractivity contribution in [1.82, 2.24) is 35.9 Å². The zero-order valence-electron chi connectivity index (χ0n) is 23.4. The number of nitrogens with two attached hydrogens (primary N) is 3. The lowest BCUT2D eigenvalue weighted by Gasteiger charge is -2.25. The van der Waals surface area contributed by atoms with E-state index in [4.69, 9.17) is 17.2 Å². The van der Waals surface area contributed by atoms with E-state index in [1.165, 1.54) is 18.9 Å². The summed E-state index contributed by atoms with van der Waals surface area (Å²) >= 11 is 0. The number of nitrogens with zero attached hydrogens (tertiary/aromatic N) is 3. The predicted molar refractivity (Wildman–Crippen MR) is 156 cm³/mol. The van der Waals surface area contributed by atoms with Gasteiger partial charge in [-0.2, -0.15) is 0 Å². The molecule has 43 heavy (non-hydrogen) atoms. The Kier molecular flexibility index (Phi) is 12.2. The van der Waals surface area contributed by atoms with Crippen molar-refractivity contribution in [2.24, 2.45) is 22.2 Å². The SMILES string of the molecule is NC(N)=NCCCC(NC(=O)C(Cc1cnc[nH]1)NC(=O)C(Cc1ccccc1)NC(=O)C(N)Cc1cnc[nH]1)C(=O)O. The summed E-state index contributed by atoms with van der Waals surface area (Å²) in [6, 6.07) is 4.45. The van der Waals surface area contributed by atoms with E-state index in [0.29, 0.717) is 11.4 Å². The minimum atomic E-state index is -1.26. The molecule has 0 aliphatic rings. The van der Waals surface area contributed by atoms with E-state index in [2.05, 4.69) is 40.9 Å². The number of hydrogen-bond donors (Lipinski definition) is 9. The van der Waals surface area contributed by atoms with Gasteiger partial charge in [0, 0.05) is 49.6 Å². The number of rotatable bonds is 17. The Morgan fingerprint density at radius 2 is 1.37 bits per heavy atom. The molecule has 0 aliphatic carbocycles. The molecule has 4 unspecified atom stereocenters. The van der Waals surface area contributed by atoms with Gasteiger partial charge in [0.2, 0.25) is 17.7 Å². The Morgan fingerprint density at radius 3 is 1.93 bits per heavy atom. The normalized spacial score (nSPS) is 13.6. The smallest absolute Gasteiger partial charge is 0.326 e. The average Bonchev–Trinajstić information content (AvgIpc) is 3.68. The standard InChI is InChI=1S/C27H37N11O5/c28-19(10-17-12-31-14-34-17)23(39)37-21(9-16-5-2-1-3-6-16)24(40)38-22(11-18-13-32-15-35-18)25(41)36-20(26(42)43)7-4-8-33-27(29)30/h1-3,5-6,12-15,19-22H,4,7-11,28H2,(H,31,34)(H,32,35)(H,36,41)(H,37,39)(H,38,40)(H,42,43)(H4,29,30,33). The Bertz CT molecular complexity index is 1340. The molecule has 3 aromatic rings. The summed E-state index contributed by atoms with van der Waals surface area (Å²) < 4.78 is 0. The Morgan fingerprint density at radius 1 is 0.814 bits per heavy atom. The maximum Gasteiger partial charge on any atom is 0.326 e. The fourth-order valence-electron chi connectivity index (χ4n) is 4.19. The van der Waals surface area contributed by atoms with E-state index < -0.39 is 47.9 Å². The van der Waals surface area contributed by atoms with Gasteiger partial charge in [-0.1, -0.05) is 30.3 Å². The van der Waals surface area contributed by atoms with Gasteiger partial charge in [0.15, 0.2) is 5.96 Å². The Labute approximate surface area is 247 Å². The summed E-state index contributed by atoms with van der Waals surface area (Å²) in [4.78, 5) is 69.3. The van der Waals surface area contributed by atoms with Gasteiger partial charge in [0.1, 0.15) is 18.1 Å². The van der Waals surface area contributed by atoms with Crippen molar-refractivity contribution in [3.8, 4) is 0 Å². The number of carboxylic acids is 1. The quantitative estimate of drug-likeness (QED) is 0.0474. The molecule has 0 saturated carbocycles. The van der Waals surface area contributed by atoms with E-state index in [1.54, 1.807) is 30.5 Å². The molecule has 0 saturated heterocycles. The van der Waals surface area contributed by atoms with Crippen LogP contribution in [-0.2, 0) is 38.4 Å². The predicted octanol–water partition coefficient (Wildman–Crippen LogP) is -1.92. The Balaban J connectivity index is 1.76. The van der Waals surface area contributed by atoms with Crippen LogP contribution in [0.15, 0.2) is 60.4 Å². The molecule has 0 radical (unpaired) electrons. The first-order chi connectivity index (χ1) is 20.6. The fraction of sp³-hybridized carbons (Fsp3) is 0.370. The second-order valence-corrected chi connectivity index (χ2v) is 9.83. The van der Waals surface area contributed by atoms with Gasteiger partial charge < -0.3 is 48.2 Å². The molecule has 0 bridgehead atoms. The molecule has 3 rings (SSSR count). The first-order valence-corrected chi connectivity index (χ1v) is 13.6. The first-order valence-electron chi connectivity index (χ1n) is 13.6. The highest BCUT2D eigenvalue weighted by atomic mass is 16.4. The van der Waals surface area contributed by atoms with Crippen molar-refractivity contribution in [3.63, 3.8) is 0 Å². The summed E-state index contributed by atoms with van der Waals surface area (Å²) in [5, 5.41) is 17.5. The lowest BCUT2D eigenvalue weighted by Crippen LogP contribution is -2.58. The molecular weight excluding hydrogens is 558 g/mol. The van der Waals surface area contributed by atoms with Gasteiger partial charge in [-0.25, -0.2) is 14.8 Å². The molecule has 3 amide bonds. The third-order valence-electron chi connectivity index (χ3n) is 6.42. The zero-order valence-corrected chi connectivity index (χ0v) is 23.4. The highest BCUT2D eigenvalue weighted by molar-refractivity contribution is 5.94. The first kappa shape index (κ1) is 32.3. The van der Waals surface area contributed by atoms with Crippen LogP contribution in [0, 0.1) is 0 Å². The molecular formula is C27H37N11O5. The van der Waals surface area contributed by atoms with Crippen LogP contribution in [-0.4, -0.2) is 85.4 Å². The van der Waals surface area contributed by atoms with Gasteiger partial charge >= 0.3 is 5.97 Å². The number of amides is 3. The topological polar surface area (TPSA) is 272 Å². The molecule has 1 aromatic carbocycles. The second-order valence-electron chi connectivity index (χ2n) is 9.83. The van der Waals surface area contributed by atoms with Crippen LogP contribution < -0.4 is 33.2 Å². The number of benzene rings is 1. The highest BCUT2D eigenvalue weighted by Crippen LogP contribution is 2.08. The lowest BCUT2D eigenvalue weighted by molar-refractivity contribution is -0.142. The van der Waals surface area contributed by atoms with Crippen LogP contribution in [0.1, 0.15) is 29.8 Å². The zero-order chi connectivity index (χ0) is 31.2. The van der Waals surface area contributed by atoms with Crippen LogP contribution in [0.4, 0.5) is 0 Å². The fourth-order valence-corrected chi connectivity index (χ4v) is 4.19. The molecule has 2 aromatic heterocycles. The van der Waals surface area contributed by atoms with Crippen molar-refractivity contribution in [3.05, 3.63) is 72.3 Å². The second kappa shape index (κ2) is 16.3. The average molecular weight is 596 g/mol. The van der Waals surface area contributed by atoms with Gasteiger partial charge in [0.05, 0.1) is 18.7 Å². The van der Waals surface area contributed by atoms with E-state index in [9.17, 15) is 24.3 Å². The van der Waals surface area contributed by atoms with Gasteiger partial charge in [0.25, 0.3) is 0 Å². The van der Waals surface area contributed by atoms with Crippen LogP contribution in [0.25, 0.3) is 0 Å². The number of imidazole rings is 2. The summed E-state index contributed by atoms with van der Waals surface area (Å²) in [6.07, 6.45) is 6.49. The van der Waals surface area contributed by atoms with Crippen molar-refractivity contribution < 1.29 is 24.3 Å². The molecule has 0 aliphatic heterocycles. The number of aliphatic carboxylic acids is 1.